The summed E-state index contributed by atoms with van der Waals surface area (Å²) in [5.41, 5.74) is 0.595. The lowest BCUT2D eigenvalue weighted by Gasteiger charge is -2.17. The number of carbonyl (C=O) groups is 1. The van der Waals surface area contributed by atoms with Crippen molar-refractivity contribution in [2.45, 2.75) is 18.6 Å². The van der Waals surface area contributed by atoms with E-state index in [4.69, 9.17) is 9.84 Å². The quantitative estimate of drug-likeness (QED) is 0.899. The maximum atomic E-state index is 12.3. The molecule has 0 fully saturated rings. The fourth-order valence-electron chi connectivity index (χ4n) is 2.38. The smallest absolute Gasteiger partial charge is 0.478 e. The molecule has 0 spiro atoms. The van der Waals surface area contributed by atoms with Gasteiger partial charge < -0.3 is 14.6 Å². The molecule has 100 valence electrons. The molecule has 0 radical (unpaired) electrons. The topological polar surface area (TPSA) is 55.8 Å². The summed E-state index contributed by atoms with van der Waals surface area (Å²) in [6.07, 6.45) is -5.06. The van der Waals surface area contributed by atoms with E-state index in [1.807, 2.05) is 0 Å². The summed E-state index contributed by atoms with van der Waals surface area (Å²) >= 11 is 0. The molecule has 0 amide bonds. The molecule has 1 aromatic rings. The Hall–Kier alpha value is -2.02. The number of carboxylic acid groups (broad SMARTS) is 1. The van der Waals surface area contributed by atoms with Gasteiger partial charge in [-0.1, -0.05) is 12.1 Å². The van der Waals surface area contributed by atoms with Gasteiger partial charge in [-0.25, -0.2) is 4.79 Å². The summed E-state index contributed by atoms with van der Waals surface area (Å²) in [5.74, 6) is -1.62. The van der Waals surface area contributed by atoms with E-state index >= 15 is 0 Å². The van der Waals surface area contributed by atoms with Crippen LogP contribution in [0.2, 0.25) is 0 Å². The summed E-state index contributed by atoms with van der Waals surface area (Å²) in [6, 6.07) is 4.16. The van der Waals surface area contributed by atoms with Crippen LogP contribution in [0.4, 0.5) is 13.2 Å². The van der Waals surface area contributed by atoms with Gasteiger partial charge in [0.15, 0.2) is 0 Å². The van der Waals surface area contributed by atoms with Crippen LogP contribution in [-0.4, -0.2) is 17.4 Å². The van der Waals surface area contributed by atoms with Crippen molar-refractivity contribution in [1.82, 2.24) is 0 Å². The molecule has 0 unspecified atom stereocenters. The molecule has 0 saturated carbocycles. The molecule has 1 N–H and O–H groups in total. The molecular formula is C12H7F3O4. The Kier molecular flexibility index (Phi) is 2.37. The number of rotatable bonds is 2. The minimum absolute atomic E-state index is 0.0595. The van der Waals surface area contributed by atoms with Crippen LogP contribution >= 0.6 is 0 Å². The molecule has 0 saturated heterocycles. The molecule has 3 rings (SSSR count). The summed E-state index contributed by atoms with van der Waals surface area (Å²) in [7, 11) is 0. The molecule has 2 aliphatic heterocycles. The van der Waals surface area contributed by atoms with Crippen molar-refractivity contribution in [2.24, 2.45) is 0 Å². The number of ether oxygens (including phenoxy) is 2. The van der Waals surface area contributed by atoms with Crippen LogP contribution < -0.4 is 4.74 Å². The highest BCUT2D eigenvalue weighted by Gasteiger charge is 2.45. The SMILES string of the molecule is O=C(O)C1=C[C@H]2O[C@H]1c1c(OC(F)(F)F)cccc12. The van der Waals surface area contributed by atoms with Crippen LogP contribution in [0.15, 0.2) is 29.8 Å². The van der Waals surface area contributed by atoms with Crippen LogP contribution in [0.5, 0.6) is 5.75 Å². The second kappa shape index (κ2) is 3.74. The first kappa shape index (κ1) is 12.0. The predicted octanol–water partition coefficient (Wildman–Crippen LogP) is 2.72. The van der Waals surface area contributed by atoms with Gasteiger partial charge >= 0.3 is 12.3 Å². The van der Waals surface area contributed by atoms with Gasteiger partial charge in [0.25, 0.3) is 0 Å². The van der Waals surface area contributed by atoms with Gasteiger partial charge in [0, 0.05) is 5.56 Å². The Labute approximate surface area is 105 Å². The first-order chi connectivity index (χ1) is 8.87. The van der Waals surface area contributed by atoms with E-state index < -0.39 is 30.3 Å². The summed E-state index contributed by atoms with van der Waals surface area (Å²) in [4.78, 5) is 11.0. The van der Waals surface area contributed by atoms with Gasteiger partial charge in [-0.05, 0) is 17.7 Å². The minimum Gasteiger partial charge on any atom is -0.478 e. The monoisotopic (exact) mass is 272 g/mol. The van der Waals surface area contributed by atoms with Crippen molar-refractivity contribution in [3.05, 3.63) is 41.0 Å². The summed E-state index contributed by atoms with van der Waals surface area (Å²) in [6.45, 7) is 0. The Morgan fingerprint density at radius 2 is 2.11 bits per heavy atom. The molecule has 7 heteroatoms. The normalized spacial score (nSPS) is 24.1. The van der Waals surface area contributed by atoms with Crippen molar-refractivity contribution in [2.75, 3.05) is 0 Å². The Balaban J connectivity index is 2.05. The molecule has 2 heterocycles. The third kappa shape index (κ3) is 1.86. The number of hydrogen-bond acceptors (Lipinski definition) is 3. The predicted molar refractivity (Wildman–Crippen MR) is 55.4 cm³/mol. The lowest BCUT2D eigenvalue weighted by molar-refractivity contribution is -0.275. The maximum Gasteiger partial charge on any atom is 0.573 e. The Morgan fingerprint density at radius 3 is 2.74 bits per heavy atom. The van der Waals surface area contributed by atoms with Crippen LogP contribution in [0, 0.1) is 0 Å². The standard InChI is InChI=1S/C12H7F3O4/c13-12(14,15)19-7-3-1-2-5-8-4-6(11(16)17)10(18-8)9(5)7/h1-4,8,10H,(H,16,17)/t8-,10-/m1/s1. The number of fused-ring (bicyclic) bond motifs is 5. The summed E-state index contributed by atoms with van der Waals surface area (Å²) < 4.78 is 46.2. The van der Waals surface area contributed by atoms with Gasteiger partial charge in [-0.3, -0.25) is 0 Å². The number of benzene rings is 1. The number of alkyl halides is 3. The third-order valence-corrected chi connectivity index (χ3v) is 3.04. The van der Waals surface area contributed by atoms with Gasteiger partial charge in [0.05, 0.1) is 5.57 Å². The van der Waals surface area contributed by atoms with Crippen molar-refractivity contribution in [3.8, 4) is 5.75 Å². The zero-order valence-corrected chi connectivity index (χ0v) is 9.27. The number of halogens is 3. The highest BCUT2D eigenvalue weighted by molar-refractivity contribution is 5.90. The highest BCUT2D eigenvalue weighted by Crippen LogP contribution is 2.53. The highest BCUT2D eigenvalue weighted by atomic mass is 19.4. The second-order valence-corrected chi connectivity index (χ2v) is 4.17. The molecule has 4 nitrogen and oxygen atoms in total. The van der Waals surface area contributed by atoms with Gasteiger partial charge in [0.1, 0.15) is 18.0 Å². The van der Waals surface area contributed by atoms with Gasteiger partial charge in [-0.2, -0.15) is 0 Å². The van der Waals surface area contributed by atoms with Crippen LogP contribution in [0.1, 0.15) is 23.3 Å². The number of aliphatic carboxylic acids is 1. The van der Waals surface area contributed by atoms with Crippen LogP contribution in [0.3, 0.4) is 0 Å². The minimum atomic E-state index is -4.83. The zero-order chi connectivity index (χ0) is 13.8. The summed E-state index contributed by atoms with van der Waals surface area (Å²) in [5, 5.41) is 8.97. The lowest BCUT2D eigenvalue weighted by atomic mass is 9.91. The average Bonchev–Trinajstić information content (AvgIpc) is 2.85. The van der Waals surface area contributed by atoms with E-state index in [1.165, 1.54) is 12.1 Å². The van der Waals surface area contributed by atoms with Crippen LogP contribution in [-0.2, 0) is 9.53 Å². The fraction of sp³-hybridized carbons (Fsp3) is 0.250. The molecular weight excluding hydrogens is 265 g/mol. The van der Waals surface area contributed by atoms with E-state index in [0.29, 0.717) is 5.56 Å². The Bertz CT molecular complexity index is 591. The largest absolute Gasteiger partial charge is 0.573 e. The van der Waals surface area contributed by atoms with E-state index in [2.05, 4.69) is 4.74 Å². The van der Waals surface area contributed by atoms with E-state index in [0.717, 1.165) is 6.07 Å². The average molecular weight is 272 g/mol. The molecule has 19 heavy (non-hydrogen) atoms. The van der Waals surface area contributed by atoms with Crippen molar-refractivity contribution < 1.29 is 32.5 Å². The van der Waals surface area contributed by atoms with Gasteiger partial charge in [-0.15, -0.1) is 13.2 Å². The Morgan fingerprint density at radius 1 is 1.37 bits per heavy atom. The van der Waals surface area contributed by atoms with E-state index in [9.17, 15) is 18.0 Å². The zero-order valence-electron chi connectivity index (χ0n) is 9.27. The number of hydrogen-bond donors (Lipinski definition) is 1. The first-order valence-corrected chi connectivity index (χ1v) is 5.36. The van der Waals surface area contributed by atoms with Crippen molar-refractivity contribution >= 4 is 5.97 Å². The van der Waals surface area contributed by atoms with Crippen LogP contribution in [0.25, 0.3) is 0 Å². The first-order valence-electron chi connectivity index (χ1n) is 5.36. The molecule has 2 bridgehead atoms. The molecule has 0 aromatic heterocycles. The maximum absolute atomic E-state index is 12.3. The van der Waals surface area contributed by atoms with Gasteiger partial charge in [0.2, 0.25) is 0 Å². The number of carboxylic acids is 1. The lowest BCUT2D eigenvalue weighted by Crippen LogP contribution is -2.19. The molecule has 0 aliphatic carbocycles. The fourth-order valence-corrected chi connectivity index (χ4v) is 2.38. The van der Waals surface area contributed by atoms with Crippen molar-refractivity contribution in [3.63, 3.8) is 0 Å². The second-order valence-electron chi connectivity index (χ2n) is 4.17. The van der Waals surface area contributed by atoms with E-state index in [-0.39, 0.29) is 11.1 Å². The molecule has 1 aromatic carbocycles. The molecule has 2 atom stereocenters. The van der Waals surface area contributed by atoms with E-state index in [1.54, 1.807) is 6.07 Å². The molecule has 2 aliphatic rings. The van der Waals surface area contributed by atoms with Crippen molar-refractivity contribution in [1.29, 1.82) is 0 Å². The third-order valence-electron chi connectivity index (χ3n) is 3.04.